The molecule has 0 N–H and O–H groups in total. The average molecular weight is 654 g/mol. The monoisotopic (exact) mass is 653 g/mol. The third-order valence-electron chi connectivity index (χ3n) is 9.14. The Bertz CT molecular complexity index is 1560. The molecular weight excluding hydrogens is 619 g/mol. The number of aromatic nitrogens is 1. The lowest BCUT2D eigenvalue weighted by Crippen LogP contribution is -2.44. The van der Waals surface area contributed by atoms with E-state index in [4.69, 9.17) is 4.98 Å². The SMILES string of the molecule is CSC1C[C@H]2CC[C@@H](C1)N2c1cc(-c2ccc(F)cc2C)c(N(C)C(=O)C(C)(C)c2cc(C(F)(F)F)cc(C(F)(F)F)c2)cn1. The predicted molar refractivity (Wildman–Crippen MR) is 163 cm³/mol. The number of aryl methyl sites for hydroxylation is 1. The fraction of sp³-hybridized carbons (Fsp3) is 0.455. The van der Waals surface area contributed by atoms with E-state index >= 15 is 0 Å². The summed E-state index contributed by atoms with van der Waals surface area (Å²) in [7, 11) is 1.41. The molecule has 2 saturated heterocycles. The third kappa shape index (κ3) is 6.39. The van der Waals surface area contributed by atoms with Crippen molar-refractivity contribution in [2.75, 3.05) is 23.1 Å². The van der Waals surface area contributed by atoms with Gasteiger partial charge >= 0.3 is 12.4 Å². The van der Waals surface area contributed by atoms with Gasteiger partial charge in [-0.25, -0.2) is 9.37 Å². The zero-order valence-electron chi connectivity index (χ0n) is 25.5. The summed E-state index contributed by atoms with van der Waals surface area (Å²) in [6.45, 7) is 4.31. The molecule has 0 spiro atoms. The highest BCUT2D eigenvalue weighted by Crippen LogP contribution is 2.45. The van der Waals surface area contributed by atoms with Crippen LogP contribution in [-0.2, 0) is 22.6 Å². The number of hydrogen-bond acceptors (Lipinski definition) is 4. The summed E-state index contributed by atoms with van der Waals surface area (Å²) < 4.78 is 96.0. The number of nitrogens with zero attached hydrogens (tertiary/aromatic N) is 3. The number of fused-ring (bicyclic) bond motifs is 2. The maximum absolute atomic E-state index is 14.1. The quantitative estimate of drug-likeness (QED) is 0.249. The first-order chi connectivity index (χ1) is 20.9. The summed E-state index contributed by atoms with van der Waals surface area (Å²) >= 11 is 1.86. The van der Waals surface area contributed by atoms with Gasteiger partial charge in [0.25, 0.3) is 0 Å². The minimum absolute atomic E-state index is 0.0426. The van der Waals surface area contributed by atoms with Gasteiger partial charge in [-0.2, -0.15) is 38.1 Å². The Labute approximate surface area is 262 Å². The van der Waals surface area contributed by atoms with E-state index in [1.165, 1.54) is 44.1 Å². The maximum Gasteiger partial charge on any atom is 0.416 e. The molecule has 2 aliphatic rings. The smallest absolute Gasteiger partial charge is 0.351 e. The number of thioether (sulfide) groups is 1. The summed E-state index contributed by atoms with van der Waals surface area (Å²) in [4.78, 5) is 22.3. The minimum atomic E-state index is -5.06. The second-order valence-corrected chi connectivity index (χ2v) is 13.6. The fourth-order valence-electron chi connectivity index (χ4n) is 6.65. The maximum atomic E-state index is 14.1. The normalized spacial score (nSPS) is 20.4. The van der Waals surface area contributed by atoms with Gasteiger partial charge in [0.15, 0.2) is 0 Å². The molecule has 2 bridgehead atoms. The second kappa shape index (κ2) is 11.8. The van der Waals surface area contributed by atoms with Gasteiger partial charge in [-0.05, 0) is 106 Å². The first-order valence-corrected chi connectivity index (χ1v) is 15.9. The number of pyridine rings is 1. The average Bonchev–Trinajstić information content (AvgIpc) is 3.23. The van der Waals surface area contributed by atoms with Crippen LogP contribution in [0.5, 0.6) is 0 Å². The van der Waals surface area contributed by atoms with Crippen LogP contribution in [0.4, 0.5) is 42.2 Å². The minimum Gasteiger partial charge on any atom is -0.351 e. The predicted octanol–water partition coefficient (Wildman–Crippen LogP) is 9.04. The van der Waals surface area contributed by atoms with Crippen molar-refractivity contribution in [1.82, 2.24) is 4.98 Å². The second-order valence-electron chi connectivity index (χ2n) is 12.4. The fourth-order valence-corrected chi connectivity index (χ4v) is 7.48. The highest BCUT2D eigenvalue weighted by atomic mass is 32.2. The van der Waals surface area contributed by atoms with Crippen molar-refractivity contribution < 1.29 is 35.5 Å². The van der Waals surface area contributed by atoms with Crippen molar-refractivity contribution in [3.8, 4) is 11.1 Å². The van der Waals surface area contributed by atoms with Crippen LogP contribution >= 0.6 is 11.8 Å². The van der Waals surface area contributed by atoms with Crippen molar-refractivity contribution >= 4 is 29.2 Å². The van der Waals surface area contributed by atoms with Crippen molar-refractivity contribution in [3.05, 3.63) is 76.7 Å². The lowest BCUT2D eigenvalue weighted by atomic mass is 9.81. The Hall–Kier alpha value is -3.28. The molecule has 0 saturated carbocycles. The molecule has 0 aliphatic carbocycles. The molecule has 12 heteroatoms. The number of carbonyl (C=O) groups excluding carboxylic acids is 1. The molecule has 45 heavy (non-hydrogen) atoms. The molecule has 2 aliphatic heterocycles. The van der Waals surface area contributed by atoms with Gasteiger partial charge < -0.3 is 9.80 Å². The van der Waals surface area contributed by atoms with Gasteiger partial charge in [-0.1, -0.05) is 6.07 Å². The summed E-state index contributed by atoms with van der Waals surface area (Å²) in [6.07, 6.45) is -2.42. The number of rotatable bonds is 6. The van der Waals surface area contributed by atoms with Crippen LogP contribution in [0.25, 0.3) is 11.1 Å². The Morgan fingerprint density at radius 1 is 0.889 bits per heavy atom. The third-order valence-corrected chi connectivity index (χ3v) is 10.2. The van der Waals surface area contributed by atoms with E-state index in [1.54, 1.807) is 13.0 Å². The Balaban J connectivity index is 1.59. The van der Waals surface area contributed by atoms with Gasteiger partial charge in [0, 0.05) is 29.9 Å². The van der Waals surface area contributed by atoms with Crippen LogP contribution in [-0.4, -0.2) is 41.5 Å². The number of alkyl halides is 6. The molecule has 2 aromatic carbocycles. The van der Waals surface area contributed by atoms with Crippen molar-refractivity contribution in [2.45, 2.75) is 81.6 Å². The number of piperidine rings is 1. The van der Waals surface area contributed by atoms with E-state index in [-0.39, 0.29) is 6.07 Å². The van der Waals surface area contributed by atoms with E-state index < -0.39 is 46.2 Å². The summed E-state index contributed by atoms with van der Waals surface area (Å²) in [5.74, 6) is -0.483. The number of benzene rings is 2. The van der Waals surface area contributed by atoms with Gasteiger partial charge in [-0.3, -0.25) is 4.79 Å². The van der Waals surface area contributed by atoms with E-state index in [0.717, 1.165) is 25.7 Å². The van der Waals surface area contributed by atoms with Crippen LogP contribution in [0, 0.1) is 12.7 Å². The zero-order valence-corrected chi connectivity index (χ0v) is 26.3. The molecule has 242 valence electrons. The van der Waals surface area contributed by atoms with E-state index in [1.807, 2.05) is 17.8 Å². The van der Waals surface area contributed by atoms with Gasteiger partial charge in [0.05, 0.1) is 28.4 Å². The van der Waals surface area contributed by atoms with E-state index in [9.17, 15) is 35.5 Å². The number of anilines is 2. The summed E-state index contributed by atoms with van der Waals surface area (Å²) in [5, 5.41) is 0.552. The molecule has 3 aromatic rings. The van der Waals surface area contributed by atoms with Gasteiger partial charge in [0.2, 0.25) is 5.91 Å². The van der Waals surface area contributed by atoms with Crippen LogP contribution < -0.4 is 9.80 Å². The molecule has 3 atom stereocenters. The molecule has 5 rings (SSSR count). The first kappa shape index (κ1) is 33.1. The van der Waals surface area contributed by atoms with Gasteiger partial charge in [-0.15, -0.1) is 0 Å². The van der Waals surface area contributed by atoms with E-state index in [2.05, 4.69) is 11.2 Å². The zero-order chi connectivity index (χ0) is 33.1. The molecule has 3 heterocycles. The Morgan fingerprint density at radius 3 is 1.96 bits per heavy atom. The number of halogens is 7. The standard InChI is InChI=1S/C33H34F7N3OS/c1-18-10-22(34)6-9-26(18)27-16-29(43-23-7-8-24(43)15-25(14-23)45-5)41-17-28(27)42(4)30(44)31(2,3)19-11-20(32(35,36)37)13-21(12-19)33(38,39)40/h6,9-13,16-17,23-25H,7-8,14-15H2,1-5H3/t23-,24+,25?. The molecule has 4 nitrogen and oxygen atoms in total. The van der Waals surface area contributed by atoms with Crippen molar-refractivity contribution in [3.63, 3.8) is 0 Å². The molecule has 1 unspecified atom stereocenters. The lowest BCUT2D eigenvalue weighted by Gasteiger charge is -2.40. The van der Waals surface area contributed by atoms with E-state index in [0.29, 0.717) is 57.7 Å². The van der Waals surface area contributed by atoms with Crippen LogP contribution in [0.15, 0.2) is 48.7 Å². The van der Waals surface area contributed by atoms with Crippen molar-refractivity contribution in [1.29, 1.82) is 0 Å². The van der Waals surface area contributed by atoms with Crippen molar-refractivity contribution in [2.24, 2.45) is 0 Å². The number of amides is 1. The summed E-state index contributed by atoms with van der Waals surface area (Å²) in [5.41, 5.74) is -3.17. The molecule has 1 amide bonds. The number of hydrogen-bond donors (Lipinski definition) is 0. The Kier molecular flexibility index (Phi) is 8.69. The molecule has 2 fully saturated rings. The first-order valence-electron chi connectivity index (χ1n) is 14.6. The van der Waals surface area contributed by atoms with Gasteiger partial charge in [0.1, 0.15) is 11.6 Å². The number of carbonyl (C=O) groups is 1. The largest absolute Gasteiger partial charge is 0.416 e. The summed E-state index contributed by atoms with van der Waals surface area (Å²) in [6, 6.07) is 7.90. The molecular formula is C33H34F7N3OS. The van der Waals surface area contributed by atoms with Crippen LogP contribution in [0.3, 0.4) is 0 Å². The highest BCUT2D eigenvalue weighted by molar-refractivity contribution is 7.99. The topological polar surface area (TPSA) is 36.4 Å². The highest BCUT2D eigenvalue weighted by Gasteiger charge is 2.43. The van der Waals surface area contributed by atoms with Crippen LogP contribution in [0.2, 0.25) is 0 Å². The number of likely N-dealkylation sites (N-methyl/N-ethyl adjacent to an activating group) is 1. The lowest BCUT2D eigenvalue weighted by molar-refractivity contribution is -0.143. The molecule has 0 radical (unpaired) electrons. The molecule has 1 aromatic heterocycles. The van der Waals surface area contributed by atoms with Crippen LogP contribution in [0.1, 0.15) is 61.8 Å². The Morgan fingerprint density at radius 2 is 1.44 bits per heavy atom.